The van der Waals surface area contributed by atoms with E-state index in [1.807, 2.05) is 0 Å². The summed E-state index contributed by atoms with van der Waals surface area (Å²) >= 11 is 0. The quantitative estimate of drug-likeness (QED) is 0.525. The third kappa shape index (κ3) is 4.63. The molecule has 1 aliphatic rings. The van der Waals surface area contributed by atoms with Crippen molar-refractivity contribution in [3.63, 3.8) is 0 Å². The maximum Gasteiger partial charge on any atom is 0.320 e. The second-order valence-electron chi connectivity index (χ2n) is 4.25. The molecular formula is C12H20N2O2. The summed E-state index contributed by atoms with van der Waals surface area (Å²) in [6, 6.07) is 2.28. The molecule has 0 unspecified atom stereocenters. The van der Waals surface area contributed by atoms with E-state index >= 15 is 0 Å². The van der Waals surface area contributed by atoms with Gasteiger partial charge < -0.3 is 4.74 Å². The summed E-state index contributed by atoms with van der Waals surface area (Å²) in [6.45, 7) is 4.65. The van der Waals surface area contributed by atoms with E-state index in [0.29, 0.717) is 13.2 Å². The maximum atomic E-state index is 11.4. The first-order valence-corrected chi connectivity index (χ1v) is 6.04. The van der Waals surface area contributed by atoms with Crippen molar-refractivity contribution >= 4 is 5.97 Å². The van der Waals surface area contributed by atoms with Crippen molar-refractivity contribution in [1.29, 1.82) is 5.26 Å². The van der Waals surface area contributed by atoms with Crippen molar-refractivity contribution in [1.82, 2.24) is 4.90 Å². The van der Waals surface area contributed by atoms with Gasteiger partial charge in [-0.3, -0.25) is 9.69 Å². The maximum absolute atomic E-state index is 11.4. The van der Waals surface area contributed by atoms with E-state index in [9.17, 15) is 4.79 Å². The Hall–Kier alpha value is -1.08. The van der Waals surface area contributed by atoms with Crippen LogP contribution in [0.1, 0.15) is 32.6 Å². The summed E-state index contributed by atoms with van der Waals surface area (Å²) in [5.74, 6) is 0.0382. The van der Waals surface area contributed by atoms with Crippen LogP contribution in [0.25, 0.3) is 0 Å². The van der Waals surface area contributed by atoms with Crippen LogP contribution in [0, 0.1) is 17.2 Å². The molecule has 90 valence electrons. The van der Waals surface area contributed by atoms with Gasteiger partial charge in [-0.05, 0) is 32.4 Å². The molecule has 1 heterocycles. The van der Waals surface area contributed by atoms with Gasteiger partial charge in [0.05, 0.1) is 19.2 Å². The molecule has 1 fully saturated rings. The van der Waals surface area contributed by atoms with E-state index in [1.54, 1.807) is 0 Å². The third-order valence-electron chi connectivity index (χ3n) is 2.88. The Bertz CT molecular complexity index is 252. The number of nitrogens with zero attached hydrogens (tertiary/aromatic N) is 2. The Morgan fingerprint density at radius 2 is 2.19 bits per heavy atom. The summed E-state index contributed by atoms with van der Waals surface area (Å²) in [5.41, 5.74) is 0. The third-order valence-corrected chi connectivity index (χ3v) is 2.88. The number of nitriles is 1. The highest BCUT2D eigenvalue weighted by Crippen LogP contribution is 2.15. The van der Waals surface area contributed by atoms with Gasteiger partial charge in [-0.1, -0.05) is 13.3 Å². The van der Waals surface area contributed by atoms with Crippen molar-refractivity contribution in [3.8, 4) is 6.07 Å². The van der Waals surface area contributed by atoms with Gasteiger partial charge in [0.1, 0.15) is 0 Å². The minimum Gasteiger partial charge on any atom is -0.465 e. The average molecular weight is 224 g/mol. The van der Waals surface area contributed by atoms with Crippen LogP contribution in [0.2, 0.25) is 0 Å². The largest absolute Gasteiger partial charge is 0.465 e. The first-order chi connectivity index (χ1) is 7.76. The van der Waals surface area contributed by atoms with Gasteiger partial charge in [-0.25, -0.2) is 0 Å². The Morgan fingerprint density at radius 3 is 2.75 bits per heavy atom. The van der Waals surface area contributed by atoms with Gasteiger partial charge in [0.15, 0.2) is 0 Å². The SMILES string of the molecule is CCCCOC(=O)CN1CCC(C#N)CC1. The van der Waals surface area contributed by atoms with E-state index in [1.165, 1.54) is 0 Å². The molecule has 0 aliphatic carbocycles. The lowest BCUT2D eigenvalue weighted by molar-refractivity contribution is -0.145. The van der Waals surface area contributed by atoms with Crippen molar-refractivity contribution < 1.29 is 9.53 Å². The molecule has 4 heteroatoms. The van der Waals surface area contributed by atoms with E-state index < -0.39 is 0 Å². The predicted octanol–water partition coefficient (Wildman–Crippen LogP) is 1.57. The number of piperidine rings is 1. The molecule has 0 atom stereocenters. The number of hydrogen-bond acceptors (Lipinski definition) is 4. The number of esters is 1. The number of rotatable bonds is 5. The van der Waals surface area contributed by atoms with E-state index in [2.05, 4.69) is 17.9 Å². The molecule has 0 radical (unpaired) electrons. The summed E-state index contributed by atoms with van der Waals surface area (Å²) < 4.78 is 5.09. The van der Waals surface area contributed by atoms with Gasteiger partial charge in [-0.15, -0.1) is 0 Å². The van der Waals surface area contributed by atoms with Gasteiger partial charge in [0, 0.05) is 5.92 Å². The summed E-state index contributed by atoms with van der Waals surface area (Å²) in [6.07, 6.45) is 3.72. The monoisotopic (exact) mass is 224 g/mol. The number of carbonyl (C=O) groups excluding carboxylic acids is 1. The molecule has 0 amide bonds. The van der Waals surface area contributed by atoms with Crippen LogP contribution in [-0.2, 0) is 9.53 Å². The Labute approximate surface area is 97.2 Å². The van der Waals surface area contributed by atoms with Crippen molar-refractivity contribution in [3.05, 3.63) is 0 Å². The molecule has 1 saturated heterocycles. The minimum atomic E-state index is -0.135. The molecule has 0 aromatic heterocycles. The van der Waals surface area contributed by atoms with E-state index in [-0.39, 0.29) is 11.9 Å². The lowest BCUT2D eigenvalue weighted by Gasteiger charge is -2.27. The average Bonchev–Trinajstić information content (AvgIpc) is 2.30. The smallest absolute Gasteiger partial charge is 0.320 e. The molecule has 0 bridgehead atoms. The van der Waals surface area contributed by atoms with Crippen molar-refractivity contribution in [2.75, 3.05) is 26.2 Å². The topological polar surface area (TPSA) is 53.3 Å². The molecular weight excluding hydrogens is 204 g/mol. The molecule has 0 saturated carbocycles. The highest BCUT2D eigenvalue weighted by atomic mass is 16.5. The number of carbonyl (C=O) groups is 1. The summed E-state index contributed by atoms with van der Waals surface area (Å²) in [5, 5.41) is 8.74. The van der Waals surface area contributed by atoms with Gasteiger partial charge >= 0.3 is 5.97 Å². The zero-order chi connectivity index (χ0) is 11.8. The predicted molar refractivity (Wildman–Crippen MR) is 60.6 cm³/mol. The highest BCUT2D eigenvalue weighted by molar-refractivity contribution is 5.71. The van der Waals surface area contributed by atoms with Crippen molar-refractivity contribution in [2.24, 2.45) is 5.92 Å². The summed E-state index contributed by atoms with van der Waals surface area (Å²) in [4.78, 5) is 13.5. The molecule has 4 nitrogen and oxygen atoms in total. The number of hydrogen-bond donors (Lipinski definition) is 0. The number of unbranched alkanes of at least 4 members (excludes halogenated alkanes) is 1. The fraction of sp³-hybridized carbons (Fsp3) is 0.833. The van der Waals surface area contributed by atoms with Crippen LogP contribution in [0.15, 0.2) is 0 Å². The molecule has 0 spiro atoms. The van der Waals surface area contributed by atoms with E-state index in [4.69, 9.17) is 10.00 Å². The summed E-state index contributed by atoms with van der Waals surface area (Å²) in [7, 11) is 0. The zero-order valence-electron chi connectivity index (χ0n) is 9.95. The molecule has 1 rings (SSSR count). The number of likely N-dealkylation sites (tertiary alicyclic amines) is 1. The molecule has 0 N–H and O–H groups in total. The Morgan fingerprint density at radius 1 is 1.50 bits per heavy atom. The molecule has 0 aromatic carbocycles. The van der Waals surface area contributed by atoms with Gasteiger partial charge in [0.2, 0.25) is 0 Å². The standard InChI is InChI=1S/C12H20N2O2/c1-2-3-8-16-12(15)10-14-6-4-11(9-13)5-7-14/h11H,2-8,10H2,1H3. The first kappa shape index (κ1) is 13.0. The normalized spacial score (nSPS) is 18.0. The molecule has 0 aromatic rings. The van der Waals surface area contributed by atoms with Crippen LogP contribution in [0.5, 0.6) is 0 Å². The van der Waals surface area contributed by atoms with Crippen LogP contribution in [0.3, 0.4) is 0 Å². The second kappa shape index (κ2) is 7.24. The fourth-order valence-corrected chi connectivity index (χ4v) is 1.78. The fourth-order valence-electron chi connectivity index (χ4n) is 1.78. The van der Waals surface area contributed by atoms with Crippen LogP contribution < -0.4 is 0 Å². The second-order valence-corrected chi connectivity index (χ2v) is 4.25. The molecule has 16 heavy (non-hydrogen) atoms. The van der Waals surface area contributed by atoms with E-state index in [0.717, 1.165) is 38.8 Å². The zero-order valence-corrected chi connectivity index (χ0v) is 9.95. The highest BCUT2D eigenvalue weighted by Gasteiger charge is 2.20. The van der Waals surface area contributed by atoms with Crippen LogP contribution in [-0.4, -0.2) is 37.1 Å². The Balaban J connectivity index is 2.13. The lowest BCUT2D eigenvalue weighted by atomic mass is 9.99. The Kier molecular flexibility index (Phi) is 5.87. The lowest BCUT2D eigenvalue weighted by Crippen LogP contribution is -2.37. The van der Waals surface area contributed by atoms with Crippen molar-refractivity contribution in [2.45, 2.75) is 32.6 Å². The van der Waals surface area contributed by atoms with Crippen LogP contribution >= 0.6 is 0 Å². The van der Waals surface area contributed by atoms with Gasteiger partial charge in [-0.2, -0.15) is 5.26 Å². The minimum absolute atomic E-state index is 0.135. The first-order valence-electron chi connectivity index (χ1n) is 6.04. The number of ether oxygens (including phenoxy) is 1. The molecule has 1 aliphatic heterocycles. The van der Waals surface area contributed by atoms with Gasteiger partial charge in [0.25, 0.3) is 0 Å². The van der Waals surface area contributed by atoms with Crippen LogP contribution in [0.4, 0.5) is 0 Å².